The number of carbonyl (C=O) groups is 1. The minimum atomic E-state index is -0.593. The van der Waals surface area contributed by atoms with Gasteiger partial charge in [0.15, 0.2) is 11.3 Å². The number of halogens is 1. The van der Waals surface area contributed by atoms with Crippen LogP contribution in [-0.4, -0.2) is 87.3 Å². The van der Waals surface area contributed by atoms with E-state index in [-0.39, 0.29) is 24.6 Å². The summed E-state index contributed by atoms with van der Waals surface area (Å²) in [6.07, 6.45) is 1.17. The molecule has 2 aliphatic rings. The highest BCUT2D eigenvalue weighted by atomic mass is 79.9. The van der Waals surface area contributed by atoms with Crippen molar-refractivity contribution in [3.63, 3.8) is 0 Å². The van der Waals surface area contributed by atoms with E-state index >= 15 is 0 Å². The molecule has 1 amide bonds. The minimum Gasteiger partial charge on any atom is -0.444 e. The molecule has 1 aromatic carbocycles. The lowest BCUT2D eigenvalue weighted by molar-refractivity contribution is 0.00557. The Bertz CT molecular complexity index is 1420. The maximum absolute atomic E-state index is 12.9. The van der Waals surface area contributed by atoms with Crippen molar-refractivity contribution in [1.82, 2.24) is 29.8 Å². The second-order valence-corrected chi connectivity index (χ2v) is 12.5. The van der Waals surface area contributed by atoms with Crippen molar-refractivity contribution in [2.24, 2.45) is 0 Å². The number of nitriles is 1. The predicted octanol–water partition coefficient (Wildman–Crippen LogP) is 4.65. The first-order valence-electron chi connectivity index (χ1n) is 13.1. The molecule has 0 unspecified atom stereocenters. The van der Waals surface area contributed by atoms with Crippen LogP contribution in [0.5, 0.6) is 0 Å². The maximum atomic E-state index is 12.9. The van der Waals surface area contributed by atoms with E-state index in [1.54, 1.807) is 4.90 Å². The van der Waals surface area contributed by atoms with Crippen LogP contribution in [0, 0.1) is 18.3 Å². The van der Waals surface area contributed by atoms with Crippen molar-refractivity contribution in [3.05, 3.63) is 22.2 Å². The number of nitrogens with zero attached hydrogens (tertiary/aromatic N) is 8. The number of aromatic nitrogens is 4. The van der Waals surface area contributed by atoms with Gasteiger partial charge in [-0.1, -0.05) is 21.1 Å². The molecular formula is C27H35BrN8O2. The largest absolute Gasteiger partial charge is 0.444 e. The standard InChI is InChI=1S/C27H35BrN8O2/c1-16-11-20-22(13-21(16)28)30-25(34-14-19(15-34)33(5)6)23-24(20)36(32-31-23)18-8-10-35(17(12-18)7-9-29)26(37)38-27(2,3)4/h11,13,17-19H,7-8,10,12,14-15H2,1-6H3/t17-,18+/m1/s1. The van der Waals surface area contributed by atoms with Gasteiger partial charge in [-0.25, -0.2) is 14.5 Å². The van der Waals surface area contributed by atoms with Crippen molar-refractivity contribution < 1.29 is 9.53 Å². The Morgan fingerprint density at radius 2 is 2.03 bits per heavy atom. The molecule has 202 valence electrons. The lowest BCUT2D eigenvalue weighted by Gasteiger charge is -2.43. The third kappa shape index (κ3) is 4.92. The number of amides is 1. The smallest absolute Gasteiger partial charge is 0.410 e. The highest BCUT2D eigenvalue weighted by molar-refractivity contribution is 9.10. The molecule has 2 atom stereocenters. The number of pyridine rings is 1. The number of carbonyl (C=O) groups excluding carboxylic acids is 1. The van der Waals surface area contributed by atoms with Crippen molar-refractivity contribution >= 4 is 49.8 Å². The van der Waals surface area contributed by atoms with E-state index < -0.39 is 5.60 Å². The summed E-state index contributed by atoms with van der Waals surface area (Å²) in [5.74, 6) is 0.854. The second-order valence-electron chi connectivity index (χ2n) is 11.7. The third-order valence-electron chi connectivity index (χ3n) is 7.55. The molecule has 0 radical (unpaired) electrons. The zero-order valence-corrected chi connectivity index (χ0v) is 24.5. The van der Waals surface area contributed by atoms with Gasteiger partial charge >= 0.3 is 6.09 Å². The average Bonchev–Trinajstić information content (AvgIpc) is 3.24. The topological polar surface area (TPSA) is 103 Å². The molecule has 0 bridgehead atoms. The van der Waals surface area contributed by atoms with E-state index in [0.717, 1.165) is 50.9 Å². The van der Waals surface area contributed by atoms with Gasteiger partial charge in [0.05, 0.1) is 30.1 Å². The predicted molar refractivity (Wildman–Crippen MR) is 150 cm³/mol. The van der Waals surface area contributed by atoms with Crippen molar-refractivity contribution in [2.45, 2.75) is 70.7 Å². The van der Waals surface area contributed by atoms with E-state index in [0.29, 0.717) is 25.4 Å². The number of anilines is 1. The number of hydrogen-bond donors (Lipinski definition) is 0. The second kappa shape index (κ2) is 9.97. The summed E-state index contributed by atoms with van der Waals surface area (Å²) in [6.45, 7) is 9.90. The Hall–Kier alpha value is -2.97. The van der Waals surface area contributed by atoms with Gasteiger partial charge in [-0.05, 0) is 72.3 Å². The number of likely N-dealkylation sites (tertiary alicyclic amines) is 1. The number of rotatable bonds is 4. The molecule has 38 heavy (non-hydrogen) atoms. The van der Waals surface area contributed by atoms with Crippen LogP contribution in [0.2, 0.25) is 0 Å². The Kier molecular flexibility index (Phi) is 6.99. The Morgan fingerprint density at radius 1 is 1.29 bits per heavy atom. The lowest BCUT2D eigenvalue weighted by atomic mass is 9.95. The third-order valence-corrected chi connectivity index (χ3v) is 8.40. The fourth-order valence-corrected chi connectivity index (χ4v) is 5.69. The number of piperidine rings is 1. The van der Waals surface area contributed by atoms with Gasteiger partial charge in [-0.15, -0.1) is 5.10 Å². The molecule has 0 aliphatic carbocycles. The van der Waals surface area contributed by atoms with Gasteiger partial charge in [0, 0.05) is 35.5 Å². The van der Waals surface area contributed by atoms with Gasteiger partial charge in [-0.3, -0.25) is 0 Å². The SMILES string of the molecule is Cc1cc2c(cc1Br)nc(N1CC(N(C)C)C1)c1nnn([C@H]3CCN(C(=O)OC(C)(C)C)[C@H](CC#N)C3)c12. The van der Waals surface area contributed by atoms with Gasteiger partial charge in [0.25, 0.3) is 0 Å². The molecule has 2 fully saturated rings. The van der Waals surface area contributed by atoms with E-state index in [9.17, 15) is 10.1 Å². The number of hydrogen-bond acceptors (Lipinski definition) is 8. The van der Waals surface area contributed by atoms with Crippen LogP contribution < -0.4 is 4.90 Å². The molecule has 2 aromatic heterocycles. The van der Waals surface area contributed by atoms with Gasteiger partial charge in [0.2, 0.25) is 0 Å². The number of benzene rings is 1. The van der Waals surface area contributed by atoms with Crippen LogP contribution >= 0.6 is 15.9 Å². The highest BCUT2D eigenvalue weighted by Crippen LogP contribution is 2.38. The molecule has 5 rings (SSSR count). The van der Waals surface area contributed by atoms with Crippen LogP contribution in [0.3, 0.4) is 0 Å². The van der Waals surface area contributed by atoms with E-state index in [1.807, 2.05) is 25.5 Å². The molecule has 11 heteroatoms. The first-order chi connectivity index (χ1) is 18.0. The summed E-state index contributed by atoms with van der Waals surface area (Å²) in [5.41, 5.74) is 3.16. The molecule has 10 nitrogen and oxygen atoms in total. The van der Waals surface area contributed by atoms with Crippen LogP contribution in [0.4, 0.5) is 10.6 Å². The van der Waals surface area contributed by atoms with Gasteiger partial charge in [0.1, 0.15) is 11.1 Å². The quantitative estimate of drug-likeness (QED) is 0.437. The van der Waals surface area contributed by atoms with Gasteiger partial charge in [-0.2, -0.15) is 5.26 Å². The molecular weight excluding hydrogens is 548 g/mol. The van der Waals surface area contributed by atoms with Crippen LogP contribution in [0.15, 0.2) is 16.6 Å². The summed E-state index contributed by atoms with van der Waals surface area (Å²) in [6, 6.07) is 6.68. The number of aryl methyl sites for hydroxylation is 1. The Balaban J connectivity index is 1.54. The monoisotopic (exact) mass is 582 g/mol. The molecule has 0 saturated carbocycles. The Labute approximate surface area is 231 Å². The van der Waals surface area contributed by atoms with Crippen LogP contribution in [0.1, 0.15) is 51.6 Å². The molecule has 0 spiro atoms. The van der Waals surface area contributed by atoms with E-state index in [1.165, 1.54) is 0 Å². The van der Waals surface area contributed by atoms with Crippen molar-refractivity contribution in [2.75, 3.05) is 38.6 Å². The fraction of sp³-hybridized carbons (Fsp3) is 0.593. The summed E-state index contributed by atoms with van der Waals surface area (Å²) < 4.78 is 8.66. The summed E-state index contributed by atoms with van der Waals surface area (Å²) in [7, 11) is 4.20. The normalized spacial score (nSPS) is 20.7. The molecule has 0 N–H and O–H groups in total. The zero-order valence-electron chi connectivity index (χ0n) is 22.9. The molecule has 3 aromatic rings. The summed E-state index contributed by atoms with van der Waals surface area (Å²) in [4.78, 5) is 24.2. The summed E-state index contributed by atoms with van der Waals surface area (Å²) >= 11 is 3.68. The summed E-state index contributed by atoms with van der Waals surface area (Å²) in [5, 5.41) is 19.9. The highest BCUT2D eigenvalue weighted by Gasteiger charge is 2.37. The van der Waals surface area contributed by atoms with Crippen molar-refractivity contribution in [3.8, 4) is 6.07 Å². The molecule has 2 aliphatic heterocycles. The Morgan fingerprint density at radius 3 is 2.68 bits per heavy atom. The first-order valence-corrected chi connectivity index (χ1v) is 13.9. The number of fused-ring (bicyclic) bond motifs is 3. The molecule has 2 saturated heterocycles. The maximum Gasteiger partial charge on any atom is 0.410 e. The minimum absolute atomic E-state index is 0.00893. The van der Waals surface area contributed by atoms with Crippen LogP contribution in [-0.2, 0) is 4.74 Å². The lowest BCUT2D eigenvalue weighted by Crippen LogP contribution is -2.57. The average molecular weight is 584 g/mol. The number of ether oxygens (including phenoxy) is 1. The molecule has 4 heterocycles. The van der Waals surface area contributed by atoms with Gasteiger partial charge < -0.3 is 19.4 Å². The fourth-order valence-electron chi connectivity index (χ4n) is 5.36. The first kappa shape index (κ1) is 26.6. The van der Waals surface area contributed by atoms with Crippen molar-refractivity contribution in [1.29, 1.82) is 5.26 Å². The van der Waals surface area contributed by atoms with E-state index in [2.05, 4.69) is 75.3 Å². The van der Waals surface area contributed by atoms with Crippen LogP contribution in [0.25, 0.3) is 21.9 Å². The number of likely N-dealkylation sites (N-methyl/N-ethyl adjacent to an activating group) is 1. The zero-order chi connectivity index (χ0) is 27.4. The van der Waals surface area contributed by atoms with E-state index in [4.69, 9.17) is 9.72 Å².